The van der Waals surface area contributed by atoms with Crippen LogP contribution < -0.4 is 0 Å². The summed E-state index contributed by atoms with van der Waals surface area (Å²) in [6.45, 7) is 2.41. The van der Waals surface area contributed by atoms with Crippen LogP contribution in [0.3, 0.4) is 0 Å². The number of nitriles is 1. The maximum absolute atomic E-state index is 11.0. The van der Waals surface area contributed by atoms with E-state index < -0.39 is 17.9 Å². The third kappa shape index (κ3) is 5.63. The van der Waals surface area contributed by atoms with Crippen molar-refractivity contribution in [3.05, 3.63) is 35.4 Å². The molecule has 0 heterocycles. The standard InChI is InChI=1S/C15H18N2O4/c1-11(15(20)21)9-17(7-6-14(18)19)10-13-5-3-2-4-12(13)8-16/h2-5,11H,6-7,9-10H2,1H3,(H,18,19)(H,20,21). The van der Waals surface area contributed by atoms with Crippen molar-refractivity contribution in [2.24, 2.45) is 5.92 Å². The maximum atomic E-state index is 11.0. The smallest absolute Gasteiger partial charge is 0.307 e. The molecule has 6 nitrogen and oxygen atoms in total. The SMILES string of the molecule is CC(CN(CCC(=O)O)Cc1ccccc1C#N)C(=O)O. The molecule has 0 spiro atoms. The van der Waals surface area contributed by atoms with Crippen LogP contribution in [-0.4, -0.2) is 40.1 Å². The fourth-order valence-corrected chi connectivity index (χ4v) is 1.96. The molecular formula is C15H18N2O4. The fourth-order valence-electron chi connectivity index (χ4n) is 1.96. The molecule has 0 saturated heterocycles. The average Bonchev–Trinajstić information content (AvgIpc) is 2.45. The Morgan fingerprint density at radius 1 is 1.33 bits per heavy atom. The summed E-state index contributed by atoms with van der Waals surface area (Å²) in [4.78, 5) is 23.4. The molecule has 0 aliphatic carbocycles. The van der Waals surface area contributed by atoms with Crippen molar-refractivity contribution in [2.45, 2.75) is 19.9 Å². The Morgan fingerprint density at radius 3 is 2.57 bits per heavy atom. The third-order valence-electron chi connectivity index (χ3n) is 3.13. The Bertz CT molecular complexity index is 551. The first-order valence-corrected chi connectivity index (χ1v) is 6.59. The number of rotatable bonds is 8. The molecule has 1 unspecified atom stereocenters. The van der Waals surface area contributed by atoms with Crippen molar-refractivity contribution in [3.63, 3.8) is 0 Å². The molecule has 2 N–H and O–H groups in total. The van der Waals surface area contributed by atoms with Crippen LogP contribution in [0.15, 0.2) is 24.3 Å². The van der Waals surface area contributed by atoms with E-state index >= 15 is 0 Å². The van der Waals surface area contributed by atoms with E-state index in [-0.39, 0.29) is 19.5 Å². The zero-order valence-electron chi connectivity index (χ0n) is 11.8. The summed E-state index contributed by atoms with van der Waals surface area (Å²) >= 11 is 0. The highest BCUT2D eigenvalue weighted by Gasteiger charge is 2.18. The zero-order chi connectivity index (χ0) is 15.8. The van der Waals surface area contributed by atoms with Gasteiger partial charge in [-0.2, -0.15) is 5.26 Å². The predicted octanol–water partition coefficient (Wildman–Crippen LogP) is 1.56. The highest BCUT2D eigenvalue weighted by atomic mass is 16.4. The summed E-state index contributed by atoms with van der Waals surface area (Å²) in [6, 6.07) is 9.11. The second-order valence-electron chi connectivity index (χ2n) is 4.89. The Hall–Kier alpha value is -2.39. The predicted molar refractivity (Wildman–Crippen MR) is 75.5 cm³/mol. The molecular weight excluding hydrogens is 272 g/mol. The van der Waals surface area contributed by atoms with Crippen molar-refractivity contribution in [1.29, 1.82) is 5.26 Å². The lowest BCUT2D eigenvalue weighted by Gasteiger charge is -2.24. The summed E-state index contributed by atoms with van der Waals surface area (Å²) in [5.74, 6) is -2.46. The highest BCUT2D eigenvalue weighted by molar-refractivity contribution is 5.69. The number of benzene rings is 1. The maximum Gasteiger partial charge on any atom is 0.307 e. The third-order valence-corrected chi connectivity index (χ3v) is 3.13. The summed E-state index contributed by atoms with van der Waals surface area (Å²) in [6.07, 6.45) is -0.0684. The molecule has 6 heteroatoms. The van der Waals surface area contributed by atoms with Crippen LogP contribution in [0.1, 0.15) is 24.5 Å². The van der Waals surface area contributed by atoms with E-state index in [2.05, 4.69) is 6.07 Å². The number of carbonyl (C=O) groups is 2. The number of aliphatic carboxylic acids is 2. The van der Waals surface area contributed by atoms with Gasteiger partial charge in [0.05, 0.1) is 24.0 Å². The van der Waals surface area contributed by atoms with Crippen molar-refractivity contribution < 1.29 is 19.8 Å². The molecule has 1 atom stereocenters. The summed E-state index contributed by atoms with van der Waals surface area (Å²) in [5.41, 5.74) is 1.28. The van der Waals surface area contributed by atoms with Crippen LogP contribution in [0.25, 0.3) is 0 Å². The quantitative estimate of drug-likeness (QED) is 0.753. The minimum Gasteiger partial charge on any atom is -0.481 e. The largest absolute Gasteiger partial charge is 0.481 e. The topological polar surface area (TPSA) is 102 Å². The molecule has 1 rings (SSSR count). The molecule has 21 heavy (non-hydrogen) atoms. The highest BCUT2D eigenvalue weighted by Crippen LogP contribution is 2.13. The number of hydrogen-bond acceptors (Lipinski definition) is 4. The first-order chi connectivity index (χ1) is 9.93. The lowest BCUT2D eigenvalue weighted by molar-refractivity contribution is -0.141. The molecule has 112 valence electrons. The normalized spacial score (nSPS) is 11.9. The van der Waals surface area contributed by atoms with Crippen molar-refractivity contribution in [3.8, 4) is 6.07 Å². The molecule has 0 aliphatic rings. The van der Waals surface area contributed by atoms with E-state index in [0.717, 1.165) is 5.56 Å². The second kappa shape index (κ2) is 8.02. The number of hydrogen-bond donors (Lipinski definition) is 2. The van der Waals surface area contributed by atoms with Gasteiger partial charge in [-0.25, -0.2) is 0 Å². The van der Waals surface area contributed by atoms with E-state index in [1.807, 2.05) is 0 Å². The summed E-state index contributed by atoms with van der Waals surface area (Å²) in [5, 5.41) is 26.8. The number of carboxylic acids is 2. The fraction of sp³-hybridized carbons (Fsp3) is 0.400. The average molecular weight is 290 g/mol. The minimum absolute atomic E-state index is 0.0684. The molecule has 0 aliphatic heterocycles. The Morgan fingerprint density at radius 2 is 2.00 bits per heavy atom. The van der Waals surface area contributed by atoms with Crippen molar-refractivity contribution >= 4 is 11.9 Å². The van der Waals surface area contributed by atoms with E-state index in [1.54, 1.807) is 36.1 Å². The van der Waals surface area contributed by atoms with Crippen LogP contribution in [0.5, 0.6) is 0 Å². The Balaban J connectivity index is 2.83. The minimum atomic E-state index is -0.934. The molecule has 1 aromatic rings. The van der Waals surface area contributed by atoms with Crippen LogP contribution in [-0.2, 0) is 16.1 Å². The first kappa shape index (κ1) is 16.7. The van der Waals surface area contributed by atoms with Gasteiger partial charge in [-0.3, -0.25) is 14.5 Å². The number of nitrogens with zero attached hydrogens (tertiary/aromatic N) is 2. The van der Waals surface area contributed by atoms with Gasteiger partial charge in [0.2, 0.25) is 0 Å². The van der Waals surface area contributed by atoms with Gasteiger partial charge < -0.3 is 10.2 Å². The summed E-state index contributed by atoms with van der Waals surface area (Å²) < 4.78 is 0. The molecule has 0 radical (unpaired) electrons. The molecule has 0 amide bonds. The van der Waals surface area contributed by atoms with Crippen molar-refractivity contribution in [2.75, 3.05) is 13.1 Å². The van der Waals surface area contributed by atoms with Gasteiger partial charge >= 0.3 is 11.9 Å². The van der Waals surface area contributed by atoms with Gasteiger partial charge in [0.15, 0.2) is 0 Å². The Labute approximate surface area is 123 Å². The van der Waals surface area contributed by atoms with E-state index in [0.29, 0.717) is 12.1 Å². The van der Waals surface area contributed by atoms with E-state index in [4.69, 9.17) is 15.5 Å². The zero-order valence-corrected chi connectivity index (χ0v) is 11.8. The molecule has 0 fully saturated rings. The van der Waals surface area contributed by atoms with Crippen LogP contribution in [0, 0.1) is 17.2 Å². The molecule has 1 aromatic carbocycles. The second-order valence-corrected chi connectivity index (χ2v) is 4.89. The van der Waals surface area contributed by atoms with Gasteiger partial charge in [0.25, 0.3) is 0 Å². The van der Waals surface area contributed by atoms with Gasteiger partial charge in [-0.05, 0) is 11.6 Å². The lowest BCUT2D eigenvalue weighted by atomic mass is 10.1. The van der Waals surface area contributed by atoms with Crippen LogP contribution >= 0.6 is 0 Å². The number of carboxylic acid groups (broad SMARTS) is 2. The summed E-state index contributed by atoms with van der Waals surface area (Å²) in [7, 11) is 0. The first-order valence-electron chi connectivity index (χ1n) is 6.59. The van der Waals surface area contributed by atoms with Gasteiger partial charge in [0.1, 0.15) is 0 Å². The lowest BCUT2D eigenvalue weighted by Crippen LogP contribution is -2.33. The van der Waals surface area contributed by atoms with Gasteiger partial charge in [0, 0.05) is 19.6 Å². The molecule has 0 aromatic heterocycles. The van der Waals surface area contributed by atoms with E-state index in [9.17, 15) is 9.59 Å². The Kier molecular flexibility index (Phi) is 6.37. The molecule has 0 bridgehead atoms. The monoisotopic (exact) mass is 290 g/mol. The van der Waals surface area contributed by atoms with Gasteiger partial charge in [-0.15, -0.1) is 0 Å². The van der Waals surface area contributed by atoms with Gasteiger partial charge in [-0.1, -0.05) is 25.1 Å². The van der Waals surface area contributed by atoms with Crippen molar-refractivity contribution in [1.82, 2.24) is 4.90 Å². The van der Waals surface area contributed by atoms with Crippen LogP contribution in [0.2, 0.25) is 0 Å². The van der Waals surface area contributed by atoms with Crippen LogP contribution in [0.4, 0.5) is 0 Å². The van der Waals surface area contributed by atoms with E-state index in [1.165, 1.54) is 0 Å². The molecule has 0 saturated carbocycles.